The molecule has 3 saturated carbocycles. The zero-order valence-electron chi connectivity index (χ0n) is 14.7. The second-order valence-corrected chi connectivity index (χ2v) is 8.56. The summed E-state index contributed by atoms with van der Waals surface area (Å²) < 4.78 is 0. The number of hydrogen-bond donors (Lipinski definition) is 1. The lowest BCUT2D eigenvalue weighted by molar-refractivity contribution is -0.120. The van der Waals surface area contributed by atoms with Crippen molar-refractivity contribution in [3.05, 3.63) is 23.8 Å². The zero-order valence-corrected chi connectivity index (χ0v) is 14.7. The van der Waals surface area contributed by atoms with E-state index in [2.05, 4.69) is 25.5 Å². The van der Waals surface area contributed by atoms with E-state index in [1.807, 2.05) is 0 Å². The Morgan fingerprint density at radius 2 is 2.25 bits per heavy atom. The lowest BCUT2D eigenvalue weighted by atomic mass is 9.49. The van der Waals surface area contributed by atoms with E-state index in [9.17, 15) is 9.90 Å². The second kappa shape index (κ2) is 5.33. The predicted octanol–water partition coefficient (Wildman–Crippen LogP) is 4.05. The first-order valence-corrected chi connectivity index (χ1v) is 9.54. The van der Waals surface area contributed by atoms with Gasteiger partial charge < -0.3 is 5.11 Å². The molecule has 4 aliphatic rings. The first kappa shape index (κ1) is 16.2. The Bertz CT molecular complexity index is 666. The van der Waals surface area contributed by atoms with Gasteiger partial charge in [0.1, 0.15) is 11.4 Å². The molecule has 128 valence electrons. The van der Waals surface area contributed by atoms with Crippen LogP contribution in [0.3, 0.4) is 0 Å². The Labute approximate surface area is 145 Å². The van der Waals surface area contributed by atoms with Gasteiger partial charge in [0.05, 0.1) is 0 Å². The van der Waals surface area contributed by atoms with E-state index < -0.39 is 5.60 Å². The minimum atomic E-state index is -0.979. The molecule has 0 aromatic heterocycles. The summed E-state index contributed by atoms with van der Waals surface area (Å²) >= 11 is 0. The monoisotopic (exact) mass is 324 g/mol. The van der Waals surface area contributed by atoms with Crippen LogP contribution in [0.2, 0.25) is 0 Å². The third-order valence-electron chi connectivity index (χ3n) is 7.91. The molecule has 0 aliphatic heterocycles. The topological polar surface area (TPSA) is 37.3 Å². The van der Waals surface area contributed by atoms with Crippen LogP contribution in [0.1, 0.15) is 58.3 Å². The van der Waals surface area contributed by atoms with Crippen LogP contribution in [0.25, 0.3) is 0 Å². The summed E-state index contributed by atoms with van der Waals surface area (Å²) in [6.45, 7) is 6.65. The standard InChI is InChI=1S/C22H28O2/c1-4-21-13-14(3)20-17-9-7-16(23)12-15(17)6-8-18(20)19(21)10-11-22(21,24)5-2/h2,6,17-20,24H,3-4,7-13H2,1H3/t17-,18-,19-,20+,21-,22-/m0/s1. The van der Waals surface area contributed by atoms with Crippen LogP contribution in [0.15, 0.2) is 23.8 Å². The van der Waals surface area contributed by atoms with Crippen molar-refractivity contribution in [2.75, 3.05) is 0 Å². The molecule has 24 heavy (non-hydrogen) atoms. The summed E-state index contributed by atoms with van der Waals surface area (Å²) in [5, 5.41) is 11.2. The highest BCUT2D eigenvalue weighted by molar-refractivity contribution is 5.82. The summed E-state index contributed by atoms with van der Waals surface area (Å²) in [7, 11) is 0. The van der Waals surface area contributed by atoms with Gasteiger partial charge in [-0.1, -0.05) is 36.6 Å². The Morgan fingerprint density at radius 3 is 2.96 bits per heavy atom. The normalized spacial score (nSPS) is 47.3. The van der Waals surface area contributed by atoms with Gasteiger partial charge in [-0.05, 0) is 62.2 Å². The molecule has 0 bridgehead atoms. The summed E-state index contributed by atoms with van der Waals surface area (Å²) in [5.74, 6) is 5.17. The summed E-state index contributed by atoms with van der Waals surface area (Å²) in [5.41, 5.74) is 1.46. The maximum Gasteiger partial charge on any atom is 0.136 e. The molecule has 2 heteroatoms. The molecule has 1 N–H and O–H groups in total. The quantitative estimate of drug-likeness (QED) is 0.583. The maximum absolute atomic E-state index is 11.8. The first-order chi connectivity index (χ1) is 11.5. The van der Waals surface area contributed by atoms with Gasteiger partial charge in [-0.25, -0.2) is 0 Å². The molecule has 0 aromatic rings. The average molecular weight is 324 g/mol. The number of fused-ring (bicyclic) bond motifs is 5. The highest BCUT2D eigenvalue weighted by Crippen LogP contribution is 2.66. The van der Waals surface area contributed by atoms with Gasteiger partial charge in [0.2, 0.25) is 0 Å². The summed E-state index contributed by atoms with van der Waals surface area (Å²) in [4.78, 5) is 11.8. The van der Waals surface area contributed by atoms with Gasteiger partial charge in [0, 0.05) is 18.3 Å². The molecule has 0 amide bonds. The van der Waals surface area contributed by atoms with Crippen molar-refractivity contribution in [2.45, 2.75) is 63.9 Å². The van der Waals surface area contributed by atoms with Crippen molar-refractivity contribution in [1.29, 1.82) is 0 Å². The molecule has 2 nitrogen and oxygen atoms in total. The molecule has 4 aliphatic carbocycles. The summed E-state index contributed by atoms with van der Waals surface area (Å²) in [6.07, 6.45) is 15.0. The molecule has 6 atom stereocenters. The molecular weight excluding hydrogens is 296 g/mol. The van der Waals surface area contributed by atoms with Gasteiger partial charge >= 0.3 is 0 Å². The number of aliphatic hydroxyl groups is 1. The average Bonchev–Trinajstić information content (AvgIpc) is 2.88. The van der Waals surface area contributed by atoms with Gasteiger partial charge in [0.15, 0.2) is 0 Å². The summed E-state index contributed by atoms with van der Waals surface area (Å²) in [6, 6.07) is 0. The maximum atomic E-state index is 11.8. The predicted molar refractivity (Wildman–Crippen MR) is 95.0 cm³/mol. The third-order valence-corrected chi connectivity index (χ3v) is 7.91. The van der Waals surface area contributed by atoms with Crippen molar-refractivity contribution >= 4 is 5.78 Å². The molecule has 0 heterocycles. The number of ketones is 1. The van der Waals surface area contributed by atoms with E-state index in [-0.39, 0.29) is 5.41 Å². The number of carbonyl (C=O) groups excluding carboxylic acids is 1. The molecule has 0 saturated heterocycles. The van der Waals surface area contributed by atoms with E-state index in [0.717, 1.165) is 44.9 Å². The zero-order chi connectivity index (χ0) is 17.1. The van der Waals surface area contributed by atoms with Gasteiger partial charge in [0.25, 0.3) is 0 Å². The van der Waals surface area contributed by atoms with Gasteiger partial charge in [-0.2, -0.15) is 0 Å². The van der Waals surface area contributed by atoms with Crippen LogP contribution >= 0.6 is 0 Å². The first-order valence-electron chi connectivity index (χ1n) is 9.54. The fraction of sp³-hybridized carbons (Fsp3) is 0.682. The molecular formula is C22H28O2. The fourth-order valence-electron chi connectivity index (χ4n) is 6.83. The van der Waals surface area contributed by atoms with Crippen molar-refractivity contribution in [3.8, 4) is 12.3 Å². The Morgan fingerprint density at radius 1 is 1.46 bits per heavy atom. The van der Waals surface area contributed by atoms with Gasteiger partial charge in [-0.15, -0.1) is 6.42 Å². The Balaban J connectivity index is 1.74. The van der Waals surface area contributed by atoms with Crippen LogP contribution in [-0.4, -0.2) is 16.5 Å². The van der Waals surface area contributed by atoms with Crippen LogP contribution in [0, 0.1) is 41.4 Å². The van der Waals surface area contributed by atoms with Crippen LogP contribution < -0.4 is 0 Å². The number of hydrogen-bond acceptors (Lipinski definition) is 2. The highest BCUT2D eigenvalue weighted by atomic mass is 16.3. The van der Waals surface area contributed by atoms with Crippen molar-refractivity contribution in [2.24, 2.45) is 29.1 Å². The minimum Gasteiger partial charge on any atom is -0.377 e. The second-order valence-electron chi connectivity index (χ2n) is 8.56. The SMILES string of the molecule is C#C[C@]1(O)CC[C@H]2[C@@H]3CC=C4CC(=O)CC[C@@H]4[C@H]3C(=C)C[C@@]21CC. The van der Waals surface area contributed by atoms with Crippen molar-refractivity contribution < 1.29 is 9.90 Å². The lowest BCUT2D eigenvalue weighted by Gasteiger charge is -2.56. The number of allylic oxidation sites excluding steroid dienone is 3. The van der Waals surface area contributed by atoms with E-state index in [1.54, 1.807) is 0 Å². The Hall–Kier alpha value is -1.33. The number of terminal acetylenes is 1. The number of Topliss-reactive ketones (excluding diaryl/α,β-unsaturated/α-hetero) is 1. The smallest absolute Gasteiger partial charge is 0.136 e. The minimum absolute atomic E-state index is 0.199. The molecule has 3 fully saturated rings. The largest absolute Gasteiger partial charge is 0.377 e. The number of carbonyl (C=O) groups is 1. The number of rotatable bonds is 1. The van der Waals surface area contributed by atoms with Crippen molar-refractivity contribution in [1.82, 2.24) is 0 Å². The highest BCUT2D eigenvalue weighted by Gasteiger charge is 2.64. The van der Waals surface area contributed by atoms with Crippen LogP contribution in [0.4, 0.5) is 0 Å². The van der Waals surface area contributed by atoms with Crippen LogP contribution in [0.5, 0.6) is 0 Å². The van der Waals surface area contributed by atoms with Crippen LogP contribution in [-0.2, 0) is 4.79 Å². The molecule has 0 unspecified atom stereocenters. The van der Waals surface area contributed by atoms with E-state index >= 15 is 0 Å². The Kier molecular flexibility index (Phi) is 3.59. The lowest BCUT2D eigenvalue weighted by Crippen LogP contribution is -2.53. The molecule has 0 spiro atoms. The van der Waals surface area contributed by atoms with E-state index in [0.29, 0.717) is 35.9 Å². The van der Waals surface area contributed by atoms with Gasteiger partial charge in [-0.3, -0.25) is 4.79 Å². The van der Waals surface area contributed by atoms with E-state index in [1.165, 1.54) is 11.1 Å². The van der Waals surface area contributed by atoms with Crippen molar-refractivity contribution in [3.63, 3.8) is 0 Å². The molecule has 0 aromatic carbocycles. The molecule has 4 rings (SSSR count). The fourth-order valence-corrected chi connectivity index (χ4v) is 6.83. The van der Waals surface area contributed by atoms with E-state index in [4.69, 9.17) is 6.42 Å². The molecule has 0 radical (unpaired) electrons. The third kappa shape index (κ3) is 1.91.